The number of nitrogens with zero attached hydrogens (tertiary/aromatic N) is 1. The number of esters is 1. The van der Waals surface area contributed by atoms with Crippen molar-refractivity contribution in [3.8, 4) is 0 Å². The molecule has 0 radical (unpaired) electrons. The molecular weight excluding hydrogens is 280 g/mol. The van der Waals surface area contributed by atoms with E-state index in [9.17, 15) is 9.90 Å². The van der Waals surface area contributed by atoms with Gasteiger partial charge in [0.15, 0.2) is 5.66 Å². The van der Waals surface area contributed by atoms with E-state index in [0.29, 0.717) is 10.6 Å². The number of nitrogens with one attached hydrogen (secondary N) is 1. The molecule has 0 aromatic heterocycles. The van der Waals surface area contributed by atoms with Crippen molar-refractivity contribution in [1.29, 1.82) is 0 Å². The number of aliphatic hydroxyl groups is 1. The summed E-state index contributed by atoms with van der Waals surface area (Å²) in [5.41, 5.74) is -0.346. The number of benzene rings is 1. The van der Waals surface area contributed by atoms with Crippen molar-refractivity contribution >= 4 is 23.8 Å². The summed E-state index contributed by atoms with van der Waals surface area (Å²) in [7, 11) is 0. The Bertz CT molecular complexity index is 571. The van der Waals surface area contributed by atoms with E-state index in [1.54, 1.807) is 31.2 Å². The maximum Gasteiger partial charge on any atom is 0.354 e. The molecule has 1 aliphatic heterocycles. The van der Waals surface area contributed by atoms with Crippen molar-refractivity contribution in [3.05, 3.63) is 46.6 Å². The van der Waals surface area contributed by atoms with Crippen LogP contribution in [0.4, 0.5) is 0 Å². The Morgan fingerprint density at radius 1 is 1.50 bits per heavy atom. The third-order valence-corrected chi connectivity index (χ3v) is 3.25. The molecule has 20 heavy (non-hydrogen) atoms. The number of carbonyl (C=O) groups is 1. The summed E-state index contributed by atoms with van der Waals surface area (Å²) in [5.74, 6) is -0.497. The first kappa shape index (κ1) is 14.6. The topological polar surface area (TPSA) is 70.9 Å². The Hall–Kier alpha value is -1.85. The van der Waals surface area contributed by atoms with Crippen LogP contribution in [0.15, 0.2) is 41.0 Å². The van der Waals surface area contributed by atoms with Gasteiger partial charge in [0.05, 0.1) is 13.2 Å². The zero-order chi connectivity index (χ0) is 14.6. The quantitative estimate of drug-likeness (QED) is 0.828. The van der Waals surface area contributed by atoms with Gasteiger partial charge in [-0.15, -0.1) is 0 Å². The summed E-state index contributed by atoms with van der Waals surface area (Å²) in [6.07, 6.45) is 2.96. The summed E-state index contributed by atoms with van der Waals surface area (Å²) in [6.45, 7) is 1.65. The number of hydrogen-bond acceptors (Lipinski definition) is 5. The minimum atomic E-state index is -1.17. The smallest absolute Gasteiger partial charge is 0.354 e. The minimum absolute atomic E-state index is 0.232. The number of hydrogen-bond donors (Lipinski definition) is 2. The monoisotopic (exact) mass is 294 g/mol. The molecule has 0 bridgehead atoms. The van der Waals surface area contributed by atoms with Crippen molar-refractivity contribution in [3.63, 3.8) is 0 Å². The Morgan fingerprint density at radius 3 is 2.90 bits per heavy atom. The second kappa shape index (κ2) is 6.07. The van der Waals surface area contributed by atoms with E-state index in [-0.39, 0.29) is 18.9 Å². The van der Waals surface area contributed by atoms with Crippen LogP contribution in [0.1, 0.15) is 12.5 Å². The van der Waals surface area contributed by atoms with E-state index >= 15 is 0 Å². The van der Waals surface area contributed by atoms with Crippen LogP contribution in [-0.4, -0.2) is 30.5 Å². The first-order chi connectivity index (χ1) is 9.63. The van der Waals surface area contributed by atoms with Gasteiger partial charge in [-0.1, -0.05) is 29.8 Å². The summed E-state index contributed by atoms with van der Waals surface area (Å²) in [4.78, 5) is 16.0. The van der Waals surface area contributed by atoms with E-state index in [0.717, 1.165) is 0 Å². The van der Waals surface area contributed by atoms with Crippen LogP contribution >= 0.6 is 11.6 Å². The maximum atomic E-state index is 11.8. The fourth-order valence-corrected chi connectivity index (χ4v) is 2.25. The molecule has 2 rings (SSSR count). The number of allylic oxidation sites excluding steroid dienone is 1. The van der Waals surface area contributed by atoms with Gasteiger partial charge in [0.2, 0.25) is 0 Å². The van der Waals surface area contributed by atoms with E-state index in [2.05, 4.69) is 10.3 Å². The number of rotatable bonds is 4. The molecule has 1 aromatic rings. The molecule has 1 aliphatic rings. The van der Waals surface area contributed by atoms with E-state index < -0.39 is 11.6 Å². The highest BCUT2D eigenvalue weighted by atomic mass is 35.5. The van der Waals surface area contributed by atoms with Crippen LogP contribution in [0.2, 0.25) is 5.02 Å². The predicted octanol–water partition coefficient (Wildman–Crippen LogP) is 1.61. The first-order valence-electron chi connectivity index (χ1n) is 6.19. The van der Waals surface area contributed by atoms with Crippen LogP contribution in [0.25, 0.3) is 0 Å². The van der Waals surface area contributed by atoms with Gasteiger partial charge >= 0.3 is 5.97 Å². The molecule has 1 atom stereocenters. The van der Waals surface area contributed by atoms with Gasteiger partial charge in [-0.2, -0.15) is 0 Å². The van der Waals surface area contributed by atoms with E-state index in [1.165, 1.54) is 12.3 Å². The fraction of sp³-hybridized carbons (Fsp3) is 0.286. The number of halogens is 1. The largest absolute Gasteiger partial charge is 0.461 e. The number of carbonyl (C=O) groups excluding carboxylic acids is 1. The molecule has 6 heteroatoms. The van der Waals surface area contributed by atoms with Crippen LogP contribution < -0.4 is 5.32 Å². The summed E-state index contributed by atoms with van der Waals surface area (Å²) in [6, 6.07) is 7.02. The average Bonchev–Trinajstić information content (AvgIpc) is 2.48. The van der Waals surface area contributed by atoms with Crippen molar-refractivity contribution < 1.29 is 14.6 Å². The highest BCUT2D eigenvalue weighted by Crippen LogP contribution is 2.31. The maximum absolute atomic E-state index is 11.8. The molecule has 1 unspecified atom stereocenters. The molecule has 0 spiro atoms. The molecule has 2 N–H and O–H groups in total. The fourth-order valence-electron chi connectivity index (χ4n) is 1.96. The van der Waals surface area contributed by atoms with Crippen molar-refractivity contribution in [2.24, 2.45) is 4.99 Å². The Balaban J connectivity index is 2.35. The van der Waals surface area contributed by atoms with Gasteiger partial charge in [-0.3, -0.25) is 4.99 Å². The Morgan fingerprint density at radius 2 is 2.25 bits per heavy atom. The lowest BCUT2D eigenvalue weighted by Gasteiger charge is -2.33. The molecule has 106 valence electrons. The molecule has 1 aromatic carbocycles. The molecule has 0 amide bonds. The molecule has 1 heterocycles. The van der Waals surface area contributed by atoms with Crippen molar-refractivity contribution in [1.82, 2.24) is 5.32 Å². The lowest BCUT2D eigenvalue weighted by molar-refractivity contribution is -0.139. The Labute approximate surface area is 121 Å². The van der Waals surface area contributed by atoms with E-state index in [4.69, 9.17) is 16.3 Å². The Kier molecular flexibility index (Phi) is 4.42. The molecule has 5 nitrogen and oxygen atoms in total. The first-order valence-corrected chi connectivity index (χ1v) is 6.57. The minimum Gasteiger partial charge on any atom is -0.461 e. The predicted molar refractivity (Wildman–Crippen MR) is 76.6 cm³/mol. The van der Waals surface area contributed by atoms with Gasteiger partial charge in [0, 0.05) is 16.8 Å². The van der Waals surface area contributed by atoms with E-state index in [1.807, 2.05) is 0 Å². The number of aliphatic hydroxyl groups excluding tert-OH is 1. The molecule has 0 aliphatic carbocycles. The van der Waals surface area contributed by atoms with Gasteiger partial charge in [0.1, 0.15) is 5.70 Å². The molecule has 0 saturated heterocycles. The van der Waals surface area contributed by atoms with Crippen LogP contribution in [0.3, 0.4) is 0 Å². The molecule has 0 saturated carbocycles. The second-order valence-electron chi connectivity index (χ2n) is 4.20. The van der Waals surface area contributed by atoms with Crippen molar-refractivity contribution in [2.75, 3.05) is 13.2 Å². The number of aliphatic imine (C=N–C) groups is 1. The third-order valence-electron chi connectivity index (χ3n) is 2.92. The van der Waals surface area contributed by atoms with Gasteiger partial charge in [-0.05, 0) is 19.1 Å². The summed E-state index contributed by atoms with van der Waals surface area (Å²) < 4.78 is 4.94. The molecule has 0 fully saturated rings. The molecular formula is C14H15ClN2O3. The van der Waals surface area contributed by atoms with Gasteiger partial charge in [0.25, 0.3) is 0 Å². The average molecular weight is 295 g/mol. The van der Waals surface area contributed by atoms with Crippen molar-refractivity contribution in [2.45, 2.75) is 12.6 Å². The van der Waals surface area contributed by atoms with Gasteiger partial charge < -0.3 is 15.2 Å². The highest BCUT2D eigenvalue weighted by molar-refractivity contribution is 6.31. The van der Waals surface area contributed by atoms with Crippen LogP contribution in [0, 0.1) is 0 Å². The lowest BCUT2D eigenvalue weighted by Crippen LogP contribution is -2.47. The van der Waals surface area contributed by atoms with Crippen LogP contribution in [0.5, 0.6) is 0 Å². The normalized spacial score (nSPS) is 21.1. The zero-order valence-electron chi connectivity index (χ0n) is 11.0. The SMILES string of the molecule is CCOC(=O)C1=CC=NC(CO)(c2ccccc2Cl)N1. The highest BCUT2D eigenvalue weighted by Gasteiger charge is 2.36. The zero-order valence-corrected chi connectivity index (χ0v) is 11.7. The van der Waals surface area contributed by atoms with Crippen LogP contribution in [-0.2, 0) is 15.2 Å². The standard InChI is InChI=1S/C14H15ClN2O3/c1-2-20-13(19)12-7-8-16-14(9-18,17-12)10-5-3-4-6-11(10)15/h3-8,17-18H,2,9H2,1H3. The summed E-state index contributed by atoms with van der Waals surface area (Å²) in [5, 5.41) is 13.1. The summed E-state index contributed by atoms with van der Waals surface area (Å²) >= 11 is 6.15. The lowest BCUT2D eigenvalue weighted by atomic mass is 9.99. The second-order valence-corrected chi connectivity index (χ2v) is 4.61. The van der Waals surface area contributed by atoms with Gasteiger partial charge in [-0.25, -0.2) is 4.79 Å². The third kappa shape index (κ3) is 2.69. The number of ether oxygens (including phenoxy) is 1.